The lowest BCUT2D eigenvalue weighted by molar-refractivity contribution is 0.576. The molecule has 1 N–H and O–H groups in total. The van der Waals surface area contributed by atoms with Gasteiger partial charge >= 0.3 is 0 Å². The molecule has 0 aliphatic rings. The Balaban J connectivity index is 2.20. The van der Waals surface area contributed by atoms with Gasteiger partial charge in [0.05, 0.1) is 16.8 Å². The maximum Gasteiger partial charge on any atom is 0.0762 e. The summed E-state index contributed by atoms with van der Waals surface area (Å²) in [6.45, 7) is 0. The van der Waals surface area contributed by atoms with Crippen LogP contribution in [-0.4, -0.2) is 12.0 Å². The number of pyridine rings is 1. The molecule has 1 heterocycles. The third-order valence-corrected chi connectivity index (χ3v) is 3.39. The van der Waals surface area contributed by atoms with Crippen molar-refractivity contribution >= 4 is 23.2 Å². The molecule has 94 valence electrons. The molecule has 0 spiro atoms. The van der Waals surface area contributed by atoms with Gasteiger partial charge in [-0.1, -0.05) is 35.3 Å². The quantitative estimate of drug-likeness (QED) is 0.919. The second-order valence-corrected chi connectivity index (χ2v) is 4.89. The van der Waals surface area contributed by atoms with Gasteiger partial charge in [0.25, 0.3) is 0 Å². The Morgan fingerprint density at radius 2 is 1.89 bits per heavy atom. The largest absolute Gasteiger partial charge is 0.311 e. The van der Waals surface area contributed by atoms with E-state index in [0.29, 0.717) is 5.02 Å². The topological polar surface area (TPSA) is 24.9 Å². The Hall–Kier alpha value is -1.09. The molecule has 1 atom stereocenters. The second-order valence-electron chi connectivity index (χ2n) is 4.04. The highest BCUT2D eigenvalue weighted by atomic mass is 35.5. The molecule has 2 nitrogen and oxygen atoms in total. The average Bonchev–Trinajstić information content (AvgIpc) is 2.39. The van der Waals surface area contributed by atoms with E-state index < -0.39 is 0 Å². The zero-order chi connectivity index (χ0) is 13.0. The van der Waals surface area contributed by atoms with Gasteiger partial charge in [-0.15, -0.1) is 0 Å². The Kier molecular flexibility index (Phi) is 4.59. The first-order valence-corrected chi connectivity index (χ1v) is 6.48. The van der Waals surface area contributed by atoms with Gasteiger partial charge in [-0.25, -0.2) is 0 Å². The number of nitrogens with zero attached hydrogens (tertiary/aromatic N) is 1. The maximum atomic E-state index is 6.17. The van der Waals surface area contributed by atoms with E-state index in [-0.39, 0.29) is 6.04 Å². The van der Waals surface area contributed by atoms with E-state index in [4.69, 9.17) is 23.2 Å². The lowest BCUT2D eigenvalue weighted by atomic mass is 10.0. The molecule has 0 aliphatic heterocycles. The second kappa shape index (κ2) is 6.19. The van der Waals surface area contributed by atoms with Crippen LogP contribution in [0.25, 0.3) is 0 Å². The highest BCUT2D eigenvalue weighted by Crippen LogP contribution is 2.23. The maximum absolute atomic E-state index is 6.17. The fourth-order valence-electron chi connectivity index (χ4n) is 1.85. The van der Waals surface area contributed by atoms with Crippen molar-refractivity contribution in [1.82, 2.24) is 10.3 Å². The standard InChI is InChI=1S/C14H14Cl2N2/c1-17-13(14-12(16)3-2-8-18-14)9-10-4-6-11(15)7-5-10/h2-8,13,17H,9H2,1H3. The van der Waals surface area contributed by atoms with Crippen LogP contribution in [0.5, 0.6) is 0 Å². The number of rotatable bonds is 4. The highest BCUT2D eigenvalue weighted by Gasteiger charge is 2.14. The lowest BCUT2D eigenvalue weighted by Crippen LogP contribution is -2.20. The van der Waals surface area contributed by atoms with Gasteiger partial charge in [0, 0.05) is 11.2 Å². The molecule has 2 aromatic rings. The minimum Gasteiger partial charge on any atom is -0.311 e. The van der Waals surface area contributed by atoms with E-state index in [1.807, 2.05) is 43.4 Å². The van der Waals surface area contributed by atoms with Gasteiger partial charge in [0.2, 0.25) is 0 Å². The number of aromatic nitrogens is 1. The molecule has 0 saturated carbocycles. The van der Waals surface area contributed by atoms with Crippen molar-refractivity contribution in [1.29, 1.82) is 0 Å². The van der Waals surface area contributed by atoms with Crippen molar-refractivity contribution in [2.45, 2.75) is 12.5 Å². The van der Waals surface area contributed by atoms with E-state index in [1.165, 1.54) is 5.56 Å². The number of likely N-dealkylation sites (N-methyl/N-ethyl adjacent to an activating group) is 1. The summed E-state index contributed by atoms with van der Waals surface area (Å²) in [5, 5.41) is 4.67. The van der Waals surface area contributed by atoms with E-state index in [1.54, 1.807) is 6.20 Å². The van der Waals surface area contributed by atoms with Gasteiger partial charge in [0.1, 0.15) is 0 Å². The van der Waals surface area contributed by atoms with Gasteiger partial charge < -0.3 is 5.32 Å². The van der Waals surface area contributed by atoms with Crippen LogP contribution in [0.2, 0.25) is 10.0 Å². The molecule has 0 radical (unpaired) electrons. The monoisotopic (exact) mass is 280 g/mol. The molecule has 1 aromatic heterocycles. The van der Waals surface area contributed by atoms with Gasteiger partial charge in [-0.2, -0.15) is 0 Å². The third-order valence-electron chi connectivity index (χ3n) is 2.82. The number of nitrogens with one attached hydrogen (secondary N) is 1. The first-order valence-electron chi connectivity index (χ1n) is 5.73. The first kappa shape index (κ1) is 13.3. The summed E-state index contributed by atoms with van der Waals surface area (Å²) in [5.74, 6) is 0. The van der Waals surface area contributed by atoms with Crippen molar-refractivity contribution in [3.05, 3.63) is 63.9 Å². The number of hydrogen-bond acceptors (Lipinski definition) is 2. The lowest BCUT2D eigenvalue weighted by Gasteiger charge is -2.16. The van der Waals surface area contributed by atoms with E-state index >= 15 is 0 Å². The summed E-state index contributed by atoms with van der Waals surface area (Å²) in [4.78, 5) is 4.34. The fourth-order valence-corrected chi connectivity index (χ4v) is 2.23. The molecule has 1 unspecified atom stereocenters. The Bertz CT molecular complexity index is 511. The number of hydrogen-bond donors (Lipinski definition) is 1. The van der Waals surface area contributed by atoms with Crippen LogP contribution >= 0.6 is 23.2 Å². The molecule has 0 aliphatic carbocycles. The van der Waals surface area contributed by atoms with Crippen LogP contribution < -0.4 is 5.32 Å². The van der Waals surface area contributed by atoms with Crippen LogP contribution in [0.3, 0.4) is 0 Å². The first-order chi connectivity index (χ1) is 8.70. The SMILES string of the molecule is CNC(Cc1ccc(Cl)cc1)c1ncccc1Cl. The zero-order valence-electron chi connectivity index (χ0n) is 10.0. The molecule has 18 heavy (non-hydrogen) atoms. The van der Waals surface area contributed by atoms with Crippen molar-refractivity contribution in [3.63, 3.8) is 0 Å². The van der Waals surface area contributed by atoms with Gasteiger partial charge in [-0.05, 0) is 43.3 Å². The summed E-state index contributed by atoms with van der Waals surface area (Å²) >= 11 is 12.0. The summed E-state index contributed by atoms with van der Waals surface area (Å²) in [7, 11) is 1.91. The molecule has 1 aromatic carbocycles. The van der Waals surface area contributed by atoms with Crippen LogP contribution in [-0.2, 0) is 6.42 Å². The van der Waals surface area contributed by atoms with Crippen molar-refractivity contribution in [2.24, 2.45) is 0 Å². The van der Waals surface area contributed by atoms with Crippen LogP contribution in [0.15, 0.2) is 42.6 Å². The van der Waals surface area contributed by atoms with Gasteiger partial charge in [-0.3, -0.25) is 4.98 Å². The van der Waals surface area contributed by atoms with Crippen LogP contribution in [0.4, 0.5) is 0 Å². The smallest absolute Gasteiger partial charge is 0.0762 e. The molecule has 4 heteroatoms. The summed E-state index contributed by atoms with van der Waals surface area (Å²) in [6.07, 6.45) is 2.58. The number of benzene rings is 1. The van der Waals surface area contributed by atoms with E-state index in [9.17, 15) is 0 Å². The molecule has 2 rings (SSSR count). The van der Waals surface area contributed by atoms with Gasteiger partial charge in [0.15, 0.2) is 0 Å². The van der Waals surface area contributed by atoms with E-state index in [0.717, 1.165) is 17.1 Å². The molecule has 0 saturated heterocycles. The normalized spacial score (nSPS) is 12.4. The molecular weight excluding hydrogens is 267 g/mol. The van der Waals surface area contributed by atoms with Crippen LogP contribution in [0.1, 0.15) is 17.3 Å². The average molecular weight is 281 g/mol. The molecule has 0 bridgehead atoms. The number of halogens is 2. The minimum atomic E-state index is 0.0971. The zero-order valence-corrected chi connectivity index (χ0v) is 11.5. The predicted octanol–water partition coefficient (Wildman–Crippen LogP) is 3.89. The van der Waals surface area contributed by atoms with Crippen LogP contribution in [0, 0.1) is 0 Å². The molecular formula is C14H14Cl2N2. The summed E-state index contributed by atoms with van der Waals surface area (Å²) in [5.41, 5.74) is 2.07. The van der Waals surface area contributed by atoms with E-state index in [2.05, 4.69) is 10.3 Å². The summed E-state index contributed by atoms with van der Waals surface area (Å²) in [6, 6.07) is 11.6. The minimum absolute atomic E-state index is 0.0971. The fraction of sp³-hybridized carbons (Fsp3) is 0.214. The highest BCUT2D eigenvalue weighted by molar-refractivity contribution is 6.31. The Morgan fingerprint density at radius 3 is 2.50 bits per heavy atom. The molecule has 0 fully saturated rings. The van der Waals surface area contributed by atoms with Crippen molar-refractivity contribution < 1.29 is 0 Å². The molecule has 0 amide bonds. The Labute approximate surface area is 117 Å². The van der Waals surface area contributed by atoms with Crippen molar-refractivity contribution in [2.75, 3.05) is 7.05 Å². The third kappa shape index (κ3) is 3.22. The Morgan fingerprint density at radius 1 is 1.17 bits per heavy atom. The summed E-state index contributed by atoms with van der Waals surface area (Å²) < 4.78 is 0. The van der Waals surface area contributed by atoms with Crippen molar-refractivity contribution in [3.8, 4) is 0 Å². The predicted molar refractivity (Wildman–Crippen MR) is 76.2 cm³/mol.